The fourth-order valence-corrected chi connectivity index (χ4v) is 2.02. The third kappa shape index (κ3) is 2.34. The van der Waals surface area contributed by atoms with E-state index in [1.54, 1.807) is 18.3 Å². The van der Waals surface area contributed by atoms with Crippen LogP contribution in [-0.4, -0.2) is 30.1 Å². The lowest BCUT2D eigenvalue weighted by Gasteiger charge is -2.25. The Balaban J connectivity index is 2.15. The van der Waals surface area contributed by atoms with Crippen molar-refractivity contribution in [2.24, 2.45) is 11.1 Å². The van der Waals surface area contributed by atoms with Gasteiger partial charge in [-0.3, -0.25) is 4.79 Å². The first kappa shape index (κ1) is 12.5. The lowest BCUT2D eigenvalue weighted by molar-refractivity contribution is -0.125. The maximum atomic E-state index is 12.2. The second kappa shape index (κ2) is 4.72. The molecule has 0 aromatic carbocycles. The monoisotopic (exact) mass is 299 g/mol. The predicted molar refractivity (Wildman–Crippen MR) is 67.5 cm³/mol. The number of nitrogens with zero attached hydrogens (tertiary/aromatic N) is 1. The van der Waals surface area contributed by atoms with Crippen LogP contribution >= 0.6 is 15.9 Å². The molecule has 2 atom stereocenters. The average Bonchev–Trinajstić information content (AvgIpc) is 2.64. The summed E-state index contributed by atoms with van der Waals surface area (Å²) in [7, 11) is 0. The summed E-state index contributed by atoms with van der Waals surface area (Å²) < 4.78 is 5.85. The summed E-state index contributed by atoms with van der Waals surface area (Å²) in [5.74, 6) is -0.142. The minimum atomic E-state index is -0.685. The number of hydrogen-bond acceptors (Lipinski definition) is 4. The van der Waals surface area contributed by atoms with E-state index in [0.717, 1.165) is 0 Å². The van der Waals surface area contributed by atoms with Gasteiger partial charge in [0.15, 0.2) is 0 Å². The molecular weight excluding hydrogens is 286 g/mol. The van der Waals surface area contributed by atoms with Crippen LogP contribution < -0.4 is 11.1 Å². The number of hydrogen-bond donors (Lipinski definition) is 2. The Kier molecular flexibility index (Phi) is 3.46. The van der Waals surface area contributed by atoms with E-state index in [4.69, 9.17) is 10.5 Å². The van der Waals surface area contributed by atoms with E-state index in [1.165, 1.54) is 0 Å². The molecule has 5 nitrogen and oxygen atoms in total. The number of nitrogens with one attached hydrogen (secondary N) is 1. The van der Waals surface area contributed by atoms with Crippen molar-refractivity contribution in [3.8, 4) is 0 Å². The summed E-state index contributed by atoms with van der Waals surface area (Å²) >= 11 is 3.28. The predicted octanol–water partition coefficient (Wildman–Crippen LogP) is 1.15. The van der Waals surface area contributed by atoms with Crippen molar-refractivity contribution in [2.75, 3.05) is 18.5 Å². The maximum Gasteiger partial charge on any atom is 0.234 e. The standard InChI is InChI=1S/C11H14BrN3O2/c1-11(6-17-5-8(11)13)10(16)15-7-3-2-4-14-9(7)12/h2-4,8H,5-6,13H2,1H3,(H,15,16). The van der Waals surface area contributed by atoms with Crippen LogP contribution in [0.1, 0.15) is 6.92 Å². The number of carbonyl (C=O) groups is 1. The molecule has 1 aliphatic heterocycles. The van der Waals surface area contributed by atoms with Crippen LogP contribution in [0.4, 0.5) is 5.69 Å². The highest BCUT2D eigenvalue weighted by atomic mass is 79.9. The van der Waals surface area contributed by atoms with E-state index in [0.29, 0.717) is 23.5 Å². The molecule has 17 heavy (non-hydrogen) atoms. The van der Waals surface area contributed by atoms with Gasteiger partial charge in [0.25, 0.3) is 0 Å². The Hall–Kier alpha value is -0.980. The molecule has 0 saturated carbocycles. The van der Waals surface area contributed by atoms with Crippen LogP contribution in [0.15, 0.2) is 22.9 Å². The summed E-state index contributed by atoms with van der Waals surface area (Å²) in [5, 5.41) is 2.81. The summed E-state index contributed by atoms with van der Waals surface area (Å²) in [6.45, 7) is 2.57. The van der Waals surface area contributed by atoms with E-state index >= 15 is 0 Å². The minimum absolute atomic E-state index is 0.142. The van der Waals surface area contributed by atoms with Crippen molar-refractivity contribution in [1.82, 2.24) is 4.98 Å². The second-order valence-corrected chi connectivity index (χ2v) is 5.09. The molecule has 1 aromatic heterocycles. The Morgan fingerprint density at radius 3 is 3.12 bits per heavy atom. The minimum Gasteiger partial charge on any atom is -0.379 e. The largest absolute Gasteiger partial charge is 0.379 e. The zero-order valence-electron chi connectivity index (χ0n) is 9.44. The molecule has 1 aliphatic rings. The molecule has 1 saturated heterocycles. The van der Waals surface area contributed by atoms with Crippen LogP contribution in [0, 0.1) is 5.41 Å². The lowest BCUT2D eigenvalue weighted by atomic mass is 9.85. The van der Waals surface area contributed by atoms with Crippen LogP contribution in [-0.2, 0) is 9.53 Å². The highest BCUT2D eigenvalue weighted by molar-refractivity contribution is 9.10. The van der Waals surface area contributed by atoms with Gasteiger partial charge >= 0.3 is 0 Å². The van der Waals surface area contributed by atoms with Crippen LogP contribution in [0.2, 0.25) is 0 Å². The molecule has 1 fully saturated rings. The van der Waals surface area contributed by atoms with Crippen molar-refractivity contribution >= 4 is 27.5 Å². The third-order valence-electron chi connectivity index (χ3n) is 3.04. The fraction of sp³-hybridized carbons (Fsp3) is 0.455. The van der Waals surface area contributed by atoms with Gasteiger partial charge < -0.3 is 15.8 Å². The number of aromatic nitrogens is 1. The number of carbonyl (C=O) groups excluding carboxylic acids is 1. The molecule has 0 radical (unpaired) electrons. The first-order valence-electron chi connectivity index (χ1n) is 5.29. The zero-order chi connectivity index (χ0) is 12.5. The van der Waals surface area contributed by atoms with Gasteiger partial charge in [-0.15, -0.1) is 0 Å². The van der Waals surface area contributed by atoms with Crippen LogP contribution in [0.3, 0.4) is 0 Å². The number of halogens is 1. The molecule has 2 heterocycles. The van der Waals surface area contributed by atoms with E-state index in [-0.39, 0.29) is 11.9 Å². The quantitative estimate of drug-likeness (QED) is 0.803. The molecule has 92 valence electrons. The lowest BCUT2D eigenvalue weighted by Crippen LogP contribution is -2.47. The Bertz CT molecular complexity index is 440. The molecule has 2 unspecified atom stereocenters. The smallest absolute Gasteiger partial charge is 0.234 e. The normalized spacial score (nSPS) is 28.1. The summed E-state index contributed by atoms with van der Waals surface area (Å²) in [4.78, 5) is 16.2. The zero-order valence-corrected chi connectivity index (χ0v) is 11.0. The van der Waals surface area contributed by atoms with Gasteiger partial charge in [0.1, 0.15) is 4.60 Å². The molecule has 1 amide bonds. The van der Waals surface area contributed by atoms with Gasteiger partial charge in [-0.25, -0.2) is 4.98 Å². The number of amides is 1. The van der Waals surface area contributed by atoms with Crippen molar-refractivity contribution in [3.63, 3.8) is 0 Å². The topological polar surface area (TPSA) is 77.2 Å². The molecule has 0 aliphatic carbocycles. The van der Waals surface area contributed by atoms with Gasteiger partial charge in [-0.2, -0.15) is 0 Å². The van der Waals surface area contributed by atoms with Crippen LogP contribution in [0.25, 0.3) is 0 Å². The van der Waals surface area contributed by atoms with E-state index in [2.05, 4.69) is 26.2 Å². The molecule has 3 N–H and O–H groups in total. The van der Waals surface area contributed by atoms with Gasteiger partial charge in [0.2, 0.25) is 5.91 Å². The average molecular weight is 300 g/mol. The number of ether oxygens (including phenoxy) is 1. The molecule has 0 spiro atoms. The van der Waals surface area contributed by atoms with E-state index < -0.39 is 5.41 Å². The van der Waals surface area contributed by atoms with E-state index in [9.17, 15) is 4.79 Å². The second-order valence-electron chi connectivity index (χ2n) is 4.33. The molecule has 6 heteroatoms. The molecule has 0 bridgehead atoms. The Labute approximate surface area is 108 Å². The summed E-state index contributed by atoms with van der Waals surface area (Å²) in [6, 6.07) is 3.26. The van der Waals surface area contributed by atoms with Gasteiger partial charge in [0, 0.05) is 12.2 Å². The van der Waals surface area contributed by atoms with Crippen molar-refractivity contribution in [2.45, 2.75) is 13.0 Å². The Morgan fingerprint density at radius 1 is 1.76 bits per heavy atom. The SMILES string of the molecule is CC1(C(=O)Nc2cccnc2Br)COCC1N. The number of nitrogens with two attached hydrogens (primary N) is 1. The number of pyridine rings is 1. The first-order valence-corrected chi connectivity index (χ1v) is 6.08. The van der Waals surface area contributed by atoms with Crippen LogP contribution in [0.5, 0.6) is 0 Å². The van der Waals surface area contributed by atoms with Crippen molar-refractivity contribution < 1.29 is 9.53 Å². The summed E-state index contributed by atoms with van der Waals surface area (Å²) in [5.41, 5.74) is 5.84. The molecular formula is C11H14BrN3O2. The van der Waals surface area contributed by atoms with Crippen molar-refractivity contribution in [1.29, 1.82) is 0 Å². The molecule has 2 rings (SSSR count). The number of rotatable bonds is 2. The highest BCUT2D eigenvalue weighted by Crippen LogP contribution is 2.29. The van der Waals surface area contributed by atoms with Gasteiger partial charge in [-0.05, 0) is 35.0 Å². The molecule has 1 aromatic rings. The maximum absolute atomic E-state index is 12.2. The van der Waals surface area contributed by atoms with E-state index in [1.807, 2.05) is 6.92 Å². The van der Waals surface area contributed by atoms with Crippen molar-refractivity contribution in [3.05, 3.63) is 22.9 Å². The first-order chi connectivity index (χ1) is 8.04. The fourth-order valence-electron chi connectivity index (χ4n) is 1.67. The Morgan fingerprint density at radius 2 is 2.53 bits per heavy atom. The summed E-state index contributed by atoms with van der Waals surface area (Å²) in [6.07, 6.45) is 1.64. The third-order valence-corrected chi connectivity index (χ3v) is 3.68. The highest BCUT2D eigenvalue weighted by Gasteiger charge is 2.44. The van der Waals surface area contributed by atoms with Gasteiger partial charge in [0.05, 0.1) is 24.3 Å². The number of anilines is 1. The van der Waals surface area contributed by atoms with Gasteiger partial charge in [-0.1, -0.05) is 0 Å².